The standard InChI is InChI=1S/C16H18N2O2/c1-20-15-10-13(9-14(17)11-15)16(19)18-8-7-12-5-3-2-4-6-12/h2-6,9-11H,7-8,17H2,1H3,(H,18,19). The van der Waals surface area contributed by atoms with Crippen LogP contribution in [-0.2, 0) is 6.42 Å². The first-order valence-corrected chi connectivity index (χ1v) is 6.46. The molecule has 3 N–H and O–H groups in total. The smallest absolute Gasteiger partial charge is 0.251 e. The molecule has 0 saturated heterocycles. The van der Waals surface area contributed by atoms with Crippen molar-refractivity contribution in [3.63, 3.8) is 0 Å². The summed E-state index contributed by atoms with van der Waals surface area (Å²) < 4.78 is 5.10. The summed E-state index contributed by atoms with van der Waals surface area (Å²) in [4.78, 5) is 12.0. The molecule has 4 heteroatoms. The van der Waals surface area contributed by atoms with Gasteiger partial charge in [0.2, 0.25) is 0 Å². The van der Waals surface area contributed by atoms with Crippen molar-refractivity contribution >= 4 is 11.6 Å². The number of carbonyl (C=O) groups is 1. The lowest BCUT2D eigenvalue weighted by Gasteiger charge is -2.08. The Morgan fingerprint density at radius 1 is 1.20 bits per heavy atom. The van der Waals surface area contributed by atoms with E-state index in [0.717, 1.165) is 6.42 Å². The summed E-state index contributed by atoms with van der Waals surface area (Å²) in [6.07, 6.45) is 0.798. The first kappa shape index (κ1) is 13.9. The Bertz CT molecular complexity index is 582. The molecule has 104 valence electrons. The Morgan fingerprint density at radius 3 is 2.65 bits per heavy atom. The predicted molar refractivity (Wildman–Crippen MR) is 79.9 cm³/mol. The summed E-state index contributed by atoms with van der Waals surface area (Å²) in [6, 6.07) is 15.0. The number of nitrogens with one attached hydrogen (secondary N) is 1. The zero-order valence-corrected chi connectivity index (χ0v) is 11.4. The van der Waals surface area contributed by atoms with Crippen LogP contribution in [-0.4, -0.2) is 19.6 Å². The van der Waals surface area contributed by atoms with Crippen LogP contribution < -0.4 is 15.8 Å². The van der Waals surface area contributed by atoms with Gasteiger partial charge in [-0.1, -0.05) is 30.3 Å². The number of methoxy groups -OCH3 is 1. The highest BCUT2D eigenvalue weighted by Crippen LogP contribution is 2.18. The van der Waals surface area contributed by atoms with E-state index in [1.165, 1.54) is 5.56 Å². The average Bonchev–Trinajstić information content (AvgIpc) is 2.47. The summed E-state index contributed by atoms with van der Waals surface area (Å²) in [5, 5.41) is 2.88. The third kappa shape index (κ3) is 3.75. The maximum absolute atomic E-state index is 12.0. The second-order valence-corrected chi connectivity index (χ2v) is 4.49. The number of anilines is 1. The van der Waals surface area contributed by atoms with Crippen molar-refractivity contribution in [3.8, 4) is 5.75 Å². The van der Waals surface area contributed by atoms with E-state index in [1.54, 1.807) is 25.3 Å². The molecule has 1 amide bonds. The van der Waals surface area contributed by atoms with E-state index in [9.17, 15) is 4.79 Å². The average molecular weight is 270 g/mol. The predicted octanol–water partition coefficient (Wildman–Crippen LogP) is 2.25. The minimum absolute atomic E-state index is 0.147. The van der Waals surface area contributed by atoms with Crippen molar-refractivity contribution in [2.24, 2.45) is 0 Å². The fraction of sp³-hybridized carbons (Fsp3) is 0.188. The van der Waals surface area contributed by atoms with E-state index < -0.39 is 0 Å². The maximum atomic E-state index is 12.0. The van der Waals surface area contributed by atoms with E-state index >= 15 is 0 Å². The zero-order valence-electron chi connectivity index (χ0n) is 11.4. The van der Waals surface area contributed by atoms with Crippen molar-refractivity contribution in [1.29, 1.82) is 0 Å². The number of nitrogen functional groups attached to an aromatic ring is 1. The Kier molecular flexibility index (Phi) is 4.60. The van der Waals surface area contributed by atoms with Gasteiger partial charge in [-0.25, -0.2) is 0 Å². The van der Waals surface area contributed by atoms with Gasteiger partial charge in [0.1, 0.15) is 5.75 Å². The third-order valence-electron chi connectivity index (χ3n) is 2.97. The van der Waals surface area contributed by atoms with Gasteiger partial charge in [0.05, 0.1) is 7.11 Å². The first-order valence-electron chi connectivity index (χ1n) is 6.46. The Morgan fingerprint density at radius 2 is 1.95 bits per heavy atom. The largest absolute Gasteiger partial charge is 0.497 e. The van der Waals surface area contributed by atoms with Crippen LogP contribution in [0.3, 0.4) is 0 Å². The third-order valence-corrected chi connectivity index (χ3v) is 2.97. The first-order chi connectivity index (χ1) is 9.69. The highest BCUT2D eigenvalue weighted by molar-refractivity contribution is 5.95. The highest BCUT2D eigenvalue weighted by atomic mass is 16.5. The number of hydrogen-bond acceptors (Lipinski definition) is 3. The lowest BCUT2D eigenvalue weighted by molar-refractivity contribution is 0.0954. The number of rotatable bonds is 5. The number of nitrogens with two attached hydrogens (primary N) is 1. The minimum Gasteiger partial charge on any atom is -0.497 e. The molecule has 0 bridgehead atoms. The number of ether oxygens (including phenoxy) is 1. The molecule has 0 fully saturated rings. The molecular weight excluding hydrogens is 252 g/mol. The highest BCUT2D eigenvalue weighted by Gasteiger charge is 2.07. The number of carbonyl (C=O) groups excluding carboxylic acids is 1. The van der Waals surface area contributed by atoms with Gasteiger partial charge in [0.15, 0.2) is 0 Å². The molecule has 0 saturated carbocycles. The van der Waals surface area contributed by atoms with E-state index in [1.807, 2.05) is 30.3 Å². The van der Waals surface area contributed by atoms with Gasteiger partial charge in [-0.2, -0.15) is 0 Å². The van der Waals surface area contributed by atoms with Crippen LogP contribution in [0.15, 0.2) is 48.5 Å². The zero-order chi connectivity index (χ0) is 14.4. The summed E-state index contributed by atoms with van der Waals surface area (Å²) in [5.74, 6) is 0.435. The fourth-order valence-electron chi connectivity index (χ4n) is 1.94. The van der Waals surface area contributed by atoms with Gasteiger partial charge in [-0.3, -0.25) is 4.79 Å². The molecule has 0 aliphatic rings. The maximum Gasteiger partial charge on any atom is 0.251 e. The lowest BCUT2D eigenvalue weighted by atomic mass is 10.1. The normalized spacial score (nSPS) is 10.1. The summed E-state index contributed by atoms with van der Waals surface area (Å²) in [7, 11) is 1.55. The summed E-state index contributed by atoms with van der Waals surface area (Å²) >= 11 is 0. The van der Waals surface area contributed by atoms with Gasteiger partial charge in [0, 0.05) is 23.9 Å². The van der Waals surface area contributed by atoms with E-state index in [-0.39, 0.29) is 5.91 Å². The van der Waals surface area contributed by atoms with Crippen LogP contribution in [0.25, 0.3) is 0 Å². The Balaban J connectivity index is 1.93. The van der Waals surface area contributed by atoms with Gasteiger partial charge in [-0.15, -0.1) is 0 Å². The van der Waals surface area contributed by atoms with Gasteiger partial charge < -0.3 is 15.8 Å². The molecule has 2 aromatic rings. The quantitative estimate of drug-likeness (QED) is 0.819. The molecule has 0 spiro atoms. The van der Waals surface area contributed by atoms with Gasteiger partial charge in [-0.05, 0) is 24.1 Å². The topological polar surface area (TPSA) is 64.3 Å². The summed E-state index contributed by atoms with van der Waals surface area (Å²) in [6.45, 7) is 0.583. The van der Waals surface area contributed by atoms with Crippen LogP contribution in [0.2, 0.25) is 0 Å². The molecule has 0 aliphatic heterocycles. The molecule has 0 unspecified atom stereocenters. The van der Waals surface area contributed by atoms with Crippen LogP contribution in [0, 0.1) is 0 Å². The molecule has 0 heterocycles. The summed E-state index contributed by atoms with van der Waals surface area (Å²) in [5.41, 5.74) is 7.95. The van der Waals surface area contributed by atoms with Crippen LogP contribution in [0.1, 0.15) is 15.9 Å². The number of benzene rings is 2. The molecule has 4 nitrogen and oxygen atoms in total. The van der Waals surface area contributed by atoms with Crippen molar-refractivity contribution in [2.75, 3.05) is 19.4 Å². The second kappa shape index (κ2) is 6.61. The SMILES string of the molecule is COc1cc(N)cc(C(=O)NCCc2ccccc2)c1. The molecular formula is C16H18N2O2. The second-order valence-electron chi connectivity index (χ2n) is 4.49. The molecule has 0 aromatic heterocycles. The molecule has 2 rings (SSSR count). The van der Waals surface area contributed by atoms with Crippen LogP contribution in [0.4, 0.5) is 5.69 Å². The van der Waals surface area contributed by atoms with Gasteiger partial charge >= 0.3 is 0 Å². The van der Waals surface area contributed by atoms with Gasteiger partial charge in [0.25, 0.3) is 5.91 Å². The lowest BCUT2D eigenvalue weighted by Crippen LogP contribution is -2.25. The van der Waals surface area contributed by atoms with E-state index in [0.29, 0.717) is 23.5 Å². The Labute approximate surface area is 118 Å². The number of hydrogen-bond donors (Lipinski definition) is 2. The minimum atomic E-state index is -0.147. The monoisotopic (exact) mass is 270 g/mol. The molecule has 20 heavy (non-hydrogen) atoms. The van der Waals surface area contributed by atoms with Crippen LogP contribution in [0.5, 0.6) is 5.75 Å². The molecule has 0 atom stereocenters. The molecule has 0 radical (unpaired) electrons. The van der Waals surface area contributed by atoms with Crippen molar-refractivity contribution < 1.29 is 9.53 Å². The van der Waals surface area contributed by atoms with Crippen molar-refractivity contribution in [2.45, 2.75) is 6.42 Å². The fourth-order valence-corrected chi connectivity index (χ4v) is 1.94. The molecule has 2 aromatic carbocycles. The van der Waals surface area contributed by atoms with Crippen molar-refractivity contribution in [3.05, 3.63) is 59.7 Å². The van der Waals surface area contributed by atoms with Crippen molar-refractivity contribution in [1.82, 2.24) is 5.32 Å². The molecule has 0 aliphatic carbocycles. The van der Waals surface area contributed by atoms with Crippen LogP contribution >= 0.6 is 0 Å². The van der Waals surface area contributed by atoms with E-state index in [2.05, 4.69) is 5.32 Å². The number of amides is 1. The van der Waals surface area contributed by atoms with E-state index in [4.69, 9.17) is 10.5 Å². The Hall–Kier alpha value is -2.49.